The van der Waals surface area contributed by atoms with Crippen LogP contribution >= 0.6 is 11.6 Å². The molecule has 0 radical (unpaired) electrons. The number of carbonyl (C=O) groups is 1. The lowest BCUT2D eigenvalue weighted by atomic mass is 10.2. The van der Waals surface area contributed by atoms with Crippen LogP contribution in [0.5, 0.6) is 5.88 Å². The van der Waals surface area contributed by atoms with Crippen LogP contribution in [0.25, 0.3) is 11.1 Å². The average Bonchev–Trinajstić information content (AvgIpc) is 2.91. The maximum absolute atomic E-state index is 12.0. The second-order valence-corrected chi connectivity index (χ2v) is 4.75. The molecule has 0 aliphatic heterocycles. The molecule has 0 aliphatic carbocycles. The van der Waals surface area contributed by atoms with Crippen molar-refractivity contribution in [2.45, 2.75) is 0 Å². The van der Waals surface area contributed by atoms with Crippen molar-refractivity contribution in [1.29, 1.82) is 0 Å². The predicted molar refractivity (Wildman–Crippen MR) is 79.7 cm³/mol. The summed E-state index contributed by atoms with van der Waals surface area (Å²) in [5.74, 6) is -1.03. The minimum atomic E-state index is -0.636. The van der Waals surface area contributed by atoms with Crippen LogP contribution in [-0.2, 0) is 4.74 Å². The number of nitrogens with one attached hydrogen (secondary N) is 1. The zero-order valence-corrected chi connectivity index (χ0v) is 12.4. The fourth-order valence-electron chi connectivity index (χ4n) is 1.89. The average molecular weight is 336 g/mol. The third-order valence-corrected chi connectivity index (χ3v) is 3.00. The first-order valence-corrected chi connectivity index (χ1v) is 6.90. The predicted octanol–water partition coefficient (Wildman–Crippen LogP) is 1.80. The van der Waals surface area contributed by atoms with Crippen molar-refractivity contribution < 1.29 is 18.7 Å². The number of halogens is 1. The van der Waals surface area contributed by atoms with Gasteiger partial charge in [0.25, 0.3) is 0 Å². The molecule has 0 spiro atoms. The molecule has 0 amide bonds. The molecule has 8 nitrogen and oxygen atoms in total. The van der Waals surface area contributed by atoms with Crippen molar-refractivity contribution in [3.05, 3.63) is 51.9 Å². The van der Waals surface area contributed by atoms with Crippen molar-refractivity contribution in [3.63, 3.8) is 0 Å². The van der Waals surface area contributed by atoms with Crippen LogP contribution in [0, 0.1) is 0 Å². The monoisotopic (exact) mass is 335 g/mol. The minimum Gasteiger partial charge on any atom is -0.473 e. The van der Waals surface area contributed by atoms with Crippen molar-refractivity contribution in [1.82, 2.24) is 15.0 Å². The third-order valence-electron chi connectivity index (χ3n) is 2.82. The van der Waals surface area contributed by atoms with Gasteiger partial charge in [-0.15, -0.1) is 0 Å². The van der Waals surface area contributed by atoms with Crippen LogP contribution in [-0.4, -0.2) is 34.1 Å². The Morgan fingerprint density at radius 3 is 3.00 bits per heavy atom. The van der Waals surface area contributed by atoms with E-state index in [0.29, 0.717) is 5.52 Å². The second-order valence-electron chi connectivity index (χ2n) is 4.36. The summed E-state index contributed by atoms with van der Waals surface area (Å²) in [7, 11) is 0. The van der Waals surface area contributed by atoms with Gasteiger partial charge in [-0.25, -0.2) is 9.59 Å². The highest BCUT2D eigenvalue weighted by atomic mass is 35.5. The lowest BCUT2D eigenvalue weighted by Gasteiger charge is -2.06. The zero-order valence-electron chi connectivity index (χ0n) is 11.6. The molecule has 0 atom stereocenters. The van der Waals surface area contributed by atoms with Gasteiger partial charge in [-0.2, -0.15) is 4.98 Å². The third kappa shape index (κ3) is 3.49. The van der Waals surface area contributed by atoms with Crippen LogP contribution in [0.1, 0.15) is 10.4 Å². The topological polar surface area (TPSA) is 107 Å². The van der Waals surface area contributed by atoms with Crippen LogP contribution in [0.15, 0.2) is 39.8 Å². The fraction of sp³-hybridized carbons (Fsp3) is 0.143. The number of aromatic amines is 1. The largest absolute Gasteiger partial charge is 0.473 e. The first-order chi connectivity index (χ1) is 11.1. The van der Waals surface area contributed by atoms with E-state index in [1.165, 1.54) is 18.5 Å². The summed E-state index contributed by atoms with van der Waals surface area (Å²) in [6, 6.07) is 4.74. The molecule has 0 saturated heterocycles. The number of rotatable bonds is 5. The summed E-state index contributed by atoms with van der Waals surface area (Å²) in [6.07, 6.45) is 2.77. The van der Waals surface area contributed by atoms with Gasteiger partial charge in [-0.1, -0.05) is 17.7 Å². The SMILES string of the molecule is O=C(OCCOc1cncc(Cl)n1)c1cccc2[nH]c(=O)oc12. The van der Waals surface area contributed by atoms with Crippen LogP contribution in [0.3, 0.4) is 0 Å². The number of ether oxygens (including phenoxy) is 2. The summed E-state index contributed by atoms with van der Waals surface area (Å²) < 4.78 is 15.3. The highest BCUT2D eigenvalue weighted by molar-refractivity contribution is 6.29. The Balaban J connectivity index is 1.60. The highest BCUT2D eigenvalue weighted by Crippen LogP contribution is 2.16. The summed E-state index contributed by atoms with van der Waals surface area (Å²) in [5, 5.41) is 0.202. The number of benzene rings is 1. The van der Waals surface area contributed by atoms with Gasteiger partial charge in [0.2, 0.25) is 5.88 Å². The summed E-state index contributed by atoms with van der Waals surface area (Å²) >= 11 is 5.67. The lowest BCUT2D eigenvalue weighted by Crippen LogP contribution is -2.13. The van der Waals surface area contributed by atoms with E-state index >= 15 is 0 Å². The van der Waals surface area contributed by atoms with Crippen molar-refractivity contribution >= 4 is 28.7 Å². The maximum Gasteiger partial charge on any atom is 0.417 e. The Morgan fingerprint density at radius 1 is 1.30 bits per heavy atom. The van der Waals surface area contributed by atoms with E-state index in [1.54, 1.807) is 12.1 Å². The number of para-hydroxylation sites is 1. The van der Waals surface area contributed by atoms with Crippen molar-refractivity contribution in [2.75, 3.05) is 13.2 Å². The number of hydrogen-bond donors (Lipinski definition) is 1. The molecule has 1 aromatic carbocycles. The Kier molecular flexibility index (Phi) is 4.24. The minimum absolute atomic E-state index is 0.0158. The first kappa shape index (κ1) is 15.0. The van der Waals surface area contributed by atoms with E-state index in [0.717, 1.165) is 0 Å². The number of hydrogen-bond acceptors (Lipinski definition) is 7. The Bertz CT molecular complexity index is 905. The molecular weight excluding hydrogens is 326 g/mol. The smallest absolute Gasteiger partial charge is 0.417 e. The number of fused-ring (bicyclic) bond motifs is 1. The molecule has 118 valence electrons. The number of aromatic nitrogens is 3. The van der Waals surface area contributed by atoms with Gasteiger partial charge in [0.05, 0.1) is 17.9 Å². The van der Waals surface area contributed by atoms with Gasteiger partial charge in [0, 0.05) is 0 Å². The van der Waals surface area contributed by atoms with E-state index in [-0.39, 0.29) is 35.4 Å². The number of nitrogens with zero attached hydrogens (tertiary/aromatic N) is 2. The van der Waals surface area contributed by atoms with E-state index in [9.17, 15) is 9.59 Å². The molecule has 0 fully saturated rings. The lowest BCUT2D eigenvalue weighted by molar-refractivity contribution is 0.0448. The Hall–Kier alpha value is -2.87. The van der Waals surface area contributed by atoms with E-state index in [1.807, 2.05) is 0 Å². The first-order valence-electron chi connectivity index (χ1n) is 6.53. The Labute approximate surface area is 134 Å². The maximum atomic E-state index is 12.0. The van der Waals surface area contributed by atoms with Gasteiger partial charge in [0.1, 0.15) is 18.8 Å². The normalized spacial score (nSPS) is 10.7. The molecule has 0 aliphatic rings. The summed E-state index contributed by atoms with van der Waals surface area (Å²) in [4.78, 5) is 33.4. The molecule has 9 heteroatoms. The quantitative estimate of drug-likeness (QED) is 0.559. The molecular formula is C14H10ClN3O5. The van der Waals surface area contributed by atoms with E-state index < -0.39 is 11.7 Å². The second kappa shape index (κ2) is 6.49. The molecule has 2 heterocycles. The van der Waals surface area contributed by atoms with Gasteiger partial charge in [-0.3, -0.25) is 9.97 Å². The van der Waals surface area contributed by atoms with Gasteiger partial charge in [-0.05, 0) is 12.1 Å². The highest BCUT2D eigenvalue weighted by Gasteiger charge is 2.15. The number of oxazole rings is 1. The molecule has 0 saturated carbocycles. The van der Waals surface area contributed by atoms with Crippen molar-refractivity contribution in [3.8, 4) is 5.88 Å². The molecule has 0 unspecified atom stereocenters. The number of H-pyrrole nitrogens is 1. The molecule has 0 bridgehead atoms. The van der Waals surface area contributed by atoms with Gasteiger partial charge in [0.15, 0.2) is 10.7 Å². The fourth-order valence-corrected chi connectivity index (χ4v) is 2.03. The molecule has 3 rings (SSSR count). The molecule has 3 aromatic rings. The molecule has 23 heavy (non-hydrogen) atoms. The van der Waals surface area contributed by atoms with E-state index in [2.05, 4.69) is 15.0 Å². The van der Waals surface area contributed by atoms with Crippen LogP contribution < -0.4 is 10.5 Å². The summed E-state index contributed by atoms with van der Waals surface area (Å²) in [5.41, 5.74) is 0.738. The summed E-state index contributed by atoms with van der Waals surface area (Å²) in [6.45, 7) is 0.0614. The zero-order chi connectivity index (χ0) is 16.2. The van der Waals surface area contributed by atoms with Gasteiger partial charge >= 0.3 is 11.7 Å². The van der Waals surface area contributed by atoms with Gasteiger partial charge < -0.3 is 13.9 Å². The Morgan fingerprint density at radius 2 is 2.17 bits per heavy atom. The standard InChI is InChI=1S/C14H10ClN3O5/c15-10-6-16-7-11(18-10)21-4-5-22-13(19)8-2-1-3-9-12(8)23-14(20)17-9/h1-3,6-7H,4-5H2,(H,17,20). The number of carbonyl (C=O) groups excluding carboxylic acids is 1. The van der Waals surface area contributed by atoms with E-state index in [4.69, 9.17) is 25.5 Å². The number of esters is 1. The van der Waals surface area contributed by atoms with Crippen molar-refractivity contribution in [2.24, 2.45) is 0 Å². The van der Waals surface area contributed by atoms with Crippen LogP contribution in [0.4, 0.5) is 0 Å². The molecule has 1 N–H and O–H groups in total. The molecule has 2 aromatic heterocycles. The van der Waals surface area contributed by atoms with Crippen LogP contribution in [0.2, 0.25) is 5.15 Å².